The molecule has 1 fully saturated rings. The zero-order chi connectivity index (χ0) is 13.9. The highest BCUT2D eigenvalue weighted by atomic mass is 19.4. The molecule has 3 N–H and O–H groups in total. The molecule has 0 heterocycles. The van der Waals surface area contributed by atoms with Crippen LogP contribution < -0.4 is 11.1 Å². The summed E-state index contributed by atoms with van der Waals surface area (Å²) in [7, 11) is 0. The number of benzene rings is 1. The number of halogens is 3. The summed E-state index contributed by atoms with van der Waals surface area (Å²) in [6.45, 7) is 0.737. The minimum absolute atomic E-state index is 0.226. The Kier molecular flexibility index (Phi) is 4.22. The normalized spacial score (nSPS) is 17.4. The van der Waals surface area contributed by atoms with Crippen LogP contribution in [-0.2, 0) is 6.18 Å². The maximum Gasteiger partial charge on any atom is 0.418 e. The summed E-state index contributed by atoms with van der Waals surface area (Å²) in [6.07, 6.45) is 1.65. The van der Waals surface area contributed by atoms with Crippen LogP contribution in [0.5, 0.6) is 0 Å². The van der Waals surface area contributed by atoms with Gasteiger partial charge in [0.2, 0.25) is 0 Å². The third-order valence-electron chi connectivity index (χ3n) is 3.68. The molecule has 2 nitrogen and oxygen atoms in total. The van der Waals surface area contributed by atoms with Crippen molar-refractivity contribution in [2.24, 2.45) is 5.92 Å². The lowest BCUT2D eigenvalue weighted by Gasteiger charge is -2.22. The fourth-order valence-electron chi connectivity index (χ4n) is 2.57. The van der Waals surface area contributed by atoms with Crippen molar-refractivity contribution in [3.63, 3.8) is 0 Å². The molecule has 1 saturated carbocycles. The van der Waals surface area contributed by atoms with Gasteiger partial charge in [0.05, 0.1) is 5.56 Å². The molecule has 1 aromatic carbocycles. The molecule has 1 aliphatic rings. The van der Waals surface area contributed by atoms with E-state index >= 15 is 0 Å². The van der Waals surface area contributed by atoms with Gasteiger partial charge in [-0.15, -0.1) is 0 Å². The van der Waals surface area contributed by atoms with Gasteiger partial charge in [-0.3, -0.25) is 0 Å². The lowest BCUT2D eigenvalue weighted by Crippen LogP contribution is -2.17. The van der Waals surface area contributed by atoms with Gasteiger partial charge in [-0.1, -0.05) is 19.3 Å². The van der Waals surface area contributed by atoms with Gasteiger partial charge in [-0.25, -0.2) is 0 Å². The number of nitrogens with one attached hydrogen (secondary N) is 1. The van der Waals surface area contributed by atoms with E-state index in [1.165, 1.54) is 25.3 Å². The Morgan fingerprint density at radius 3 is 2.47 bits per heavy atom. The third-order valence-corrected chi connectivity index (χ3v) is 3.68. The predicted molar refractivity (Wildman–Crippen MR) is 70.9 cm³/mol. The van der Waals surface area contributed by atoms with Gasteiger partial charge in [0.1, 0.15) is 0 Å². The van der Waals surface area contributed by atoms with Crippen LogP contribution in [0.4, 0.5) is 24.5 Å². The van der Waals surface area contributed by atoms with Crippen molar-refractivity contribution in [3.05, 3.63) is 23.8 Å². The van der Waals surface area contributed by atoms with Crippen LogP contribution in [0.3, 0.4) is 0 Å². The molecule has 0 amide bonds. The highest BCUT2D eigenvalue weighted by molar-refractivity contribution is 5.58. The standard InChI is InChI=1S/C14H19F3N2/c15-14(16,17)12-8-11(6-7-13(12)18)19-9-10-4-2-1-3-5-10/h6-8,10,19H,1-5,9,18H2. The quantitative estimate of drug-likeness (QED) is 0.806. The second kappa shape index (κ2) is 5.72. The predicted octanol–water partition coefficient (Wildman–Crippen LogP) is 4.28. The minimum Gasteiger partial charge on any atom is -0.398 e. The molecule has 1 aliphatic carbocycles. The summed E-state index contributed by atoms with van der Waals surface area (Å²) in [5.41, 5.74) is 4.87. The van der Waals surface area contributed by atoms with Gasteiger partial charge in [0, 0.05) is 17.9 Å². The molecule has 19 heavy (non-hydrogen) atoms. The molecule has 0 radical (unpaired) electrons. The monoisotopic (exact) mass is 272 g/mol. The molecule has 106 valence electrons. The molecular formula is C14H19F3N2. The average Bonchev–Trinajstić information content (AvgIpc) is 2.37. The van der Waals surface area contributed by atoms with Crippen molar-refractivity contribution in [2.45, 2.75) is 38.3 Å². The molecule has 0 spiro atoms. The molecule has 1 aromatic rings. The van der Waals surface area contributed by atoms with E-state index in [0.29, 0.717) is 11.6 Å². The Morgan fingerprint density at radius 1 is 1.16 bits per heavy atom. The van der Waals surface area contributed by atoms with Crippen LogP contribution in [0.2, 0.25) is 0 Å². The number of anilines is 2. The Morgan fingerprint density at radius 2 is 1.84 bits per heavy atom. The molecule has 0 bridgehead atoms. The topological polar surface area (TPSA) is 38.0 Å². The number of hydrogen-bond donors (Lipinski definition) is 2. The van der Waals surface area contributed by atoms with E-state index in [1.54, 1.807) is 6.07 Å². The smallest absolute Gasteiger partial charge is 0.398 e. The summed E-state index contributed by atoms with van der Waals surface area (Å²) >= 11 is 0. The van der Waals surface area contributed by atoms with Gasteiger partial charge < -0.3 is 11.1 Å². The first-order valence-corrected chi connectivity index (χ1v) is 6.67. The van der Waals surface area contributed by atoms with Crippen molar-refractivity contribution >= 4 is 11.4 Å². The van der Waals surface area contributed by atoms with Gasteiger partial charge in [0.25, 0.3) is 0 Å². The average molecular weight is 272 g/mol. The third kappa shape index (κ3) is 3.78. The van der Waals surface area contributed by atoms with Crippen molar-refractivity contribution in [1.29, 1.82) is 0 Å². The van der Waals surface area contributed by atoms with E-state index in [2.05, 4.69) is 5.32 Å². The number of nitrogens with two attached hydrogens (primary N) is 1. The second-order valence-corrected chi connectivity index (χ2v) is 5.18. The number of hydrogen-bond acceptors (Lipinski definition) is 2. The SMILES string of the molecule is Nc1ccc(NCC2CCCCC2)cc1C(F)(F)F. The van der Waals surface area contributed by atoms with Gasteiger partial charge in [0.15, 0.2) is 0 Å². The van der Waals surface area contributed by atoms with Gasteiger partial charge >= 0.3 is 6.18 Å². The highest BCUT2D eigenvalue weighted by Gasteiger charge is 2.33. The molecule has 0 aliphatic heterocycles. The van der Waals surface area contributed by atoms with Crippen molar-refractivity contribution < 1.29 is 13.2 Å². The van der Waals surface area contributed by atoms with Crippen LogP contribution in [0, 0.1) is 5.92 Å². The number of rotatable bonds is 3. The summed E-state index contributed by atoms with van der Waals surface area (Å²) in [5, 5.41) is 3.10. The Bertz CT molecular complexity index is 423. The first kappa shape index (κ1) is 14.0. The van der Waals surface area contributed by atoms with E-state index in [0.717, 1.165) is 25.5 Å². The second-order valence-electron chi connectivity index (χ2n) is 5.18. The highest BCUT2D eigenvalue weighted by Crippen LogP contribution is 2.35. The molecule has 0 unspecified atom stereocenters. The minimum atomic E-state index is -4.40. The van der Waals surface area contributed by atoms with Crippen molar-refractivity contribution in [1.82, 2.24) is 0 Å². The first-order valence-electron chi connectivity index (χ1n) is 6.67. The van der Waals surface area contributed by atoms with E-state index in [9.17, 15) is 13.2 Å². The molecule has 0 aromatic heterocycles. The first-order chi connectivity index (χ1) is 8.97. The van der Waals surface area contributed by atoms with E-state index in [-0.39, 0.29) is 5.69 Å². The van der Waals surface area contributed by atoms with E-state index in [1.807, 2.05) is 0 Å². The molecule has 0 atom stereocenters. The Hall–Kier alpha value is -1.39. The lowest BCUT2D eigenvalue weighted by atomic mass is 9.89. The van der Waals surface area contributed by atoms with E-state index in [4.69, 9.17) is 5.73 Å². The fourth-order valence-corrected chi connectivity index (χ4v) is 2.57. The fraction of sp³-hybridized carbons (Fsp3) is 0.571. The Labute approximate surface area is 111 Å². The van der Waals surface area contributed by atoms with Crippen LogP contribution in [0.25, 0.3) is 0 Å². The zero-order valence-electron chi connectivity index (χ0n) is 10.8. The number of nitrogen functional groups attached to an aromatic ring is 1. The van der Waals surface area contributed by atoms with Gasteiger partial charge in [-0.05, 0) is 37.0 Å². The largest absolute Gasteiger partial charge is 0.418 e. The van der Waals surface area contributed by atoms with Crippen molar-refractivity contribution in [2.75, 3.05) is 17.6 Å². The van der Waals surface area contributed by atoms with E-state index < -0.39 is 11.7 Å². The van der Waals surface area contributed by atoms with Crippen LogP contribution in [0.15, 0.2) is 18.2 Å². The van der Waals surface area contributed by atoms with Crippen LogP contribution in [-0.4, -0.2) is 6.54 Å². The maximum atomic E-state index is 12.7. The van der Waals surface area contributed by atoms with Crippen LogP contribution >= 0.6 is 0 Å². The summed E-state index contributed by atoms with van der Waals surface area (Å²) in [6, 6.07) is 4.01. The Balaban J connectivity index is 2.00. The summed E-state index contributed by atoms with van der Waals surface area (Å²) in [4.78, 5) is 0. The number of alkyl halides is 3. The lowest BCUT2D eigenvalue weighted by molar-refractivity contribution is -0.136. The summed E-state index contributed by atoms with van der Waals surface area (Å²) in [5.74, 6) is 0.570. The summed E-state index contributed by atoms with van der Waals surface area (Å²) < 4.78 is 38.1. The molecule has 5 heteroatoms. The van der Waals surface area contributed by atoms with Crippen molar-refractivity contribution in [3.8, 4) is 0 Å². The molecule has 2 rings (SSSR count). The molecular weight excluding hydrogens is 253 g/mol. The van der Waals surface area contributed by atoms with Gasteiger partial charge in [-0.2, -0.15) is 13.2 Å². The zero-order valence-corrected chi connectivity index (χ0v) is 10.8. The maximum absolute atomic E-state index is 12.7. The van der Waals surface area contributed by atoms with Crippen LogP contribution in [0.1, 0.15) is 37.7 Å². The molecule has 0 saturated heterocycles.